The number of carbonyl (C=O) groups excluding carboxylic acids is 1. The van der Waals surface area contributed by atoms with Crippen LogP contribution in [0.2, 0.25) is 0 Å². The van der Waals surface area contributed by atoms with Crippen molar-refractivity contribution < 1.29 is 4.79 Å². The quantitative estimate of drug-likeness (QED) is 0.327. The molecule has 1 heterocycles. The van der Waals surface area contributed by atoms with Gasteiger partial charge in [-0.1, -0.05) is 24.3 Å². The lowest BCUT2D eigenvalue weighted by atomic mass is 10.1. The molecule has 0 atom stereocenters. The van der Waals surface area contributed by atoms with Gasteiger partial charge in [0.2, 0.25) is 5.96 Å². The van der Waals surface area contributed by atoms with Crippen LogP contribution in [0.1, 0.15) is 39.8 Å². The molecule has 7 heteroatoms. The summed E-state index contributed by atoms with van der Waals surface area (Å²) in [6.45, 7) is 9.27. The fourth-order valence-electron chi connectivity index (χ4n) is 3.38. The molecule has 2 aromatic carbocycles. The molecule has 0 saturated heterocycles. The fourth-order valence-corrected chi connectivity index (χ4v) is 3.84. The molecule has 0 bridgehead atoms. The summed E-state index contributed by atoms with van der Waals surface area (Å²) in [5.41, 5.74) is 5.54. The Hall–Kier alpha value is -3.06. The molecule has 0 aliphatic heterocycles. The molecule has 0 aliphatic carbocycles. The molecule has 1 aromatic heterocycles. The van der Waals surface area contributed by atoms with E-state index in [1.807, 2.05) is 73.3 Å². The van der Waals surface area contributed by atoms with E-state index in [0.29, 0.717) is 18.1 Å². The summed E-state index contributed by atoms with van der Waals surface area (Å²) in [6, 6.07) is 15.5. The maximum absolute atomic E-state index is 12.9. The molecule has 0 unspecified atom stereocenters. The standard InChI is InChI=1S/C24H29N5OS/c1-6-29-18(4)22(17(3)28-29)15-25-24(26-19-11-9-12-20(14-19)31-5)27-23(30)21-13-8-7-10-16(21)2/h7-14H,6,15H2,1-5H3,(H2,25,26,27,30). The summed E-state index contributed by atoms with van der Waals surface area (Å²) in [6.07, 6.45) is 2.03. The van der Waals surface area contributed by atoms with E-state index in [9.17, 15) is 4.79 Å². The Morgan fingerprint density at radius 2 is 1.90 bits per heavy atom. The van der Waals surface area contributed by atoms with Gasteiger partial charge in [0.1, 0.15) is 0 Å². The van der Waals surface area contributed by atoms with Crippen LogP contribution in [-0.2, 0) is 13.1 Å². The largest absolute Gasteiger partial charge is 0.326 e. The minimum Gasteiger partial charge on any atom is -0.326 e. The van der Waals surface area contributed by atoms with Crippen LogP contribution in [0, 0.1) is 20.8 Å². The second-order valence-electron chi connectivity index (χ2n) is 7.26. The Balaban J connectivity index is 1.89. The lowest BCUT2D eigenvalue weighted by Crippen LogP contribution is -2.36. The second-order valence-corrected chi connectivity index (χ2v) is 8.14. The number of benzene rings is 2. The number of amides is 1. The summed E-state index contributed by atoms with van der Waals surface area (Å²) >= 11 is 1.66. The maximum Gasteiger partial charge on any atom is 0.258 e. The molecule has 0 saturated carbocycles. The van der Waals surface area contributed by atoms with Crippen molar-refractivity contribution in [3.8, 4) is 0 Å². The van der Waals surface area contributed by atoms with E-state index < -0.39 is 0 Å². The van der Waals surface area contributed by atoms with Gasteiger partial charge in [0.05, 0.1) is 12.2 Å². The highest BCUT2D eigenvalue weighted by Crippen LogP contribution is 2.19. The first-order chi connectivity index (χ1) is 14.9. The van der Waals surface area contributed by atoms with Crippen molar-refractivity contribution in [3.63, 3.8) is 0 Å². The lowest BCUT2D eigenvalue weighted by Gasteiger charge is -2.13. The van der Waals surface area contributed by atoms with Gasteiger partial charge in [-0.05, 0) is 63.8 Å². The van der Waals surface area contributed by atoms with E-state index in [4.69, 9.17) is 4.99 Å². The zero-order chi connectivity index (χ0) is 22.4. The molecular weight excluding hydrogens is 406 g/mol. The average Bonchev–Trinajstić information content (AvgIpc) is 3.05. The molecule has 31 heavy (non-hydrogen) atoms. The zero-order valence-corrected chi connectivity index (χ0v) is 19.5. The molecule has 3 rings (SSSR count). The minimum atomic E-state index is -0.192. The van der Waals surface area contributed by atoms with Crippen LogP contribution >= 0.6 is 11.8 Å². The SMILES string of the molecule is CCn1nc(C)c(CN=C(NC(=O)c2ccccc2C)Nc2cccc(SC)c2)c1C. The van der Waals surface area contributed by atoms with Gasteiger partial charge in [0, 0.05) is 33.9 Å². The summed E-state index contributed by atoms with van der Waals surface area (Å²) in [7, 11) is 0. The number of nitrogens with zero attached hydrogens (tertiary/aromatic N) is 3. The normalized spacial score (nSPS) is 11.5. The van der Waals surface area contributed by atoms with Gasteiger partial charge in [-0.25, -0.2) is 4.99 Å². The Labute approximate surface area is 188 Å². The number of hydrogen-bond donors (Lipinski definition) is 2. The molecule has 6 nitrogen and oxygen atoms in total. The highest BCUT2D eigenvalue weighted by Gasteiger charge is 2.14. The van der Waals surface area contributed by atoms with E-state index in [-0.39, 0.29) is 5.91 Å². The van der Waals surface area contributed by atoms with Gasteiger partial charge in [-0.15, -0.1) is 11.8 Å². The van der Waals surface area contributed by atoms with E-state index in [2.05, 4.69) is 29.6 Å². The Kier molecular flexibility index (Phi) is 7.52. The maximum atomic E-state index is 12.9. The van der Waals surface area contributed by atoms with Crippen molar-refractivity contribution in [1.82, 2.24) is 15.1 Å². The first-order valence-corrected chi connectivity index (χ1v) is 11.5. The molecule has 0 fully saturated rings. The third-order valence-corrected chi connectivity index (χ3v) is 5.91. The highest BCUT2D eigenvalue weighted by molar-refractivity contribution is 7.98. The number of thioether (sulfide) groups is 1. The first-order valence-electron chi connectivity index (χ1n) is 10.3. The molecule has 162 valence electrons. The van der Waals surface area contributed by atoms with Gasteiger partial charge in [-0.3, -0.25) is 14.8 Å². The zero-order valence-electron chi connectivity index (χ0n) is 18.7. The van der Waals surface area contributed by atoms with E-state index in [1.54, 1.807) is 11.8 Å². The predicted molar refractivity (Wildman–Crippen MR) is 129 cm³/mol. The number of anilines is 1. The van der Waals surface area contributed by atoms with Gasteiger partial charge < -0.3 is 5.32 Å². The average molecular weight is 436 g/mol. The van der Waals surface area contributed by atoms with Crippen LogP contribution in [0.3, 0.4) is 0 Å². The third-order valence-electron chi connectivity index (χ3n) is 5.18. The lowest BCUT2D eigenvalue weighted by molar-refractivity contribution is 0.0976. The van der Waals surface area contributed by atoms with Crippen LogP contribution in [0.4, 0.5) is 5.69 Å². The number of aliphatic imine (C=N–C) groups is 1. The smallest absolute Gasteiger partial charge is 0.258 e. The summed E-state index contributed by atoms with van der Waals surface area (Å²) < 4.78 is 1.97. The number of carbonyl (C=O) groups is 1. The summed E-state index contributed by atoms with van der Waals surface area (Å²) in [5, 5.41) is 10.8. The highest BCUT2D eigenvalue weighted by atomic mass is 32.2. The van der Waals surface area contributed by atoms with E-state index >= 15 is 0 Å². The van der Waals surface area contributed by atoms with Crippen LogP contribution in [0.25, 0.3) is 0 Å². The molecule has 2 N–H and O–H groups in total. The van der Waals surface area contributed by atoms with Crippen LogP contribution in [0.5, 0.6) is 0 Å². The van der Waals surface area contributed by atoms with Crippen LogP contribution < -0.4 is 10.6 Å². The molecule has 0 aliphatic rings. The van der Waals surface area contributed by atoms with Crippen LogP contribution in [-0.4, -0.2) is 27.9 Å². The first kappa shape index (κ1) is 22.6. The Bertz CT molecular complexity index is 1100. The third kappa shape index (κ3) is 5.55. The number of aromatic nitrogens is 2. The molecular formula is C24H29N5OS. The molecule has 3 aromatic rings. The van der Waals surface area contributed by atoms with Crippen molar-refractivity contribution in [2.75, 3.05) is 11.6 Å². The van der Waals surface area contributed by atoms with Crippen molar-refractivity contribution >= 4 is 29.3 Å². The summed E-state index contributed by atoms with van der Waals surface area (Å²) in [5.74, 6) is 0.220. The van der Waals surface area contributed by atoms with Gasteiger partial charge in [0.25, 0.3) is 5.91 Å². The number of aryl methyl sites for hydroxylation is 3. The summed E-state index contributed by atoms with van der Waals surface area (Å²) in [4.78, 5) is 18.8. The van der Waals surface area contributed by atoms with Crippen molar-refractivity contribution in [2.24, 2.45) is 4.99 Å². The predicted octanol–water partition coefficient (Wildman–Crippen LogP) is 4.95. The van der Waals surface area contributed by atoms with Gasteiger partial charge in [0.15, 0.2) is 0 Å². The monoisotopic (exact) mass is 435 g/mol. The number of hydrogen-bond acceptors (Lipinski definition) is 4. The van der Waals surface area contributed by atoms with Crippen LogP contribution in [0.15, 0.2) is 58.4 Å². The number of guanidine groups is 1. The number of nitrogens with one attached hydrogen (secondary N) is 2. The van der Waals surface area contributed by atoms with Crippen molar-refractivity contribution in [3.05, 3.63) is 76.6 Å². The van der Waals surface area contributed by atoms with Crippen molar-refractivity contribution in [2.45, 2.75) is 45.7 Å². The Morgan fingerprint density at radius 1 is 1.13 bits per heavy atom. The minimum absolute atomic E-state index is 0.192. The van der Waals surface area contributed by atoms with Crippen molar-refractivity contribution in [1.29, 1.82) is 0 Å². The Morgan fingerprint density at radius 3 is 2.58 bits per heavy atom. The molecule has 0 radical (unpaired) electrons. The number of rotatable bonds is 6. The van der Waals surface area contributed by atoms with Gasteiger partial charge in [-0.2, -0.15) is 5.10 Å². The topological polar surface area (TPSA) is 71.3 Å². The molecule has 1 amide bonds. The van der Waals surface area contributed by atoms with E-state index in [1.165, 1.54) is 0 Å². The molecule has 0 spiro atoms. The fraction of sp³-hybridized carbons (Fsp3) is 0.292. The second kappa shape index (κ2) is 10.3. The van der Waals surface area contributed by atoms with E-state index in [0.717, 1.165) is 39.6 Å². The van der Waals surface area contributed by atoms with Gasteiger partial charge >= 0.3 is 0 Å².